The third-order valence-electron chi connectivity index (χ3n) is 2.61. The first-order valence-corrected chi connectivity index (χ1v) is 6.51. The molecule has 5 nitrogen and oxygen atoms in total. The summed E-state index contributed by atoms with van der Waals surface area (Å²) in [6.45, 7) is 1.12. The lowest BCUT2D eigenvalue weighted by atomic mass is 10.3. The van der Waals surface area contributed by atoms with Crippen molar-refractivity contribution < 1.29 is 9.94 Å². The van der Waals surface area contributed by atoms with Crippen LogP contribution < -0.4 is 10.5 Å². The molecular formula is C13H14BrN3O2. The summed E-state index contributed by atoms with van der Waals surface area (Å²) in [5.41, 5.74) is 6.24. The third-order valence-corrected chi connectivity index (χ3v) is 3.14. The molecule has 1 heterocycles. The Hall–Kier alpha value is -1.95. The topological polar surface area (TPSA) is 72.8 Å². The van der Waals surface area contributed by atoms with Crippen LogP contribution in [-0.4, -0.2) is 22.2 Å². The molecule has 0 fully saturated rings. The second-order valence-corrected chi connectivity index (χ2v) is 4.79. The smallest absolute Gasteiger partial charge is 0.186 e. The zero-order chi connectivity index (χ0) is 13.7. The van der Waals surface area contributed by atoms with Gasteiger partial charge in [0.15, 0.2) is 5.84 Å². The summed E-state index contributed by atoms with van der Waals surface area (Å²) >= 11 is 3.37. The summed E-state index contributed by atoms with van der Waals surface area (Å²) in [7, 11) is 0. The van der Waals surface area contributed by atoms with Crippen molar-refractivity contribution >= 4 is 21.8 Å². The number of nitrogens with zero attached hydrogens (tertiary/aromatic N) is 2. The zero-order valence-electron chi connectivity index (χ0n) is 10.2. The van der Waals surface area contributed by atoms with Crippen LogP contribution in [0, 0.1) is 0 Å². The lowest BCUT2D eigenvalue weighted by Crippen LogP contribution is -2.20. The minimum atomic E-state index is 0.0913. The van der Waals surface area contributed by atoms with Crippen molar-refractivity contribution in [1.29, 1.82) is 0 Å². The van der Waals surface area contributed by atoms with E-state index in [0.29, 0.717) is 18.8 Å². The van der Waals surface area contributed by atoms with Gasteiger partial charge in [-0.2, -0.15) is 0 Å². The highest BCUT2D eigenvalue weighted by Crippen LogP contribution is 2.16. The van der Waals surface area contributed by atoms with Crippen molar-refractivity contribution in [1.82, 2.24) is 4.57 Å². The van der Waals surface area contributed by atoms with Crippen LogP contribution in [0.4, 0.5) is 0 Å². The van der Waals surface area contributed by atoms with Gasteiger partial charge in [0.1, 0.15) is 12.4 Å². The molecule has 0 atom stereocenters. The molecule has 100 valence electrons. The largest absolute Gasteiger partial charge is 0.492 e. The van der Waals surface area contributed by atoms with Gasteiger partial charge in [0.25, 0.3) is 0 Å². The molecule has 0 aliphatic heterocycles. The molecule has 19 heavy (non-hydrogen) atoms. The summed E-state index contributed by atoms with van der Waals surface area (Å²) in [6.07, 6.45) is 1.86. The molecule has 2 rings (SSSR count). The normalized spacial score (nSPS) is 11.5. The third kappa shape index (κ3) is 3.51. The summed E-state index contributed by atoms with van der Waals surface area (Å²) in [5.74, 6) is 0.898. The maximum Gasteiger partial charge on any atom is 0.186 e. The van der Waals surface area contributed by atoms with Gasteiger partial charge in [0, 0.05) is 10.7 Å². The van der Waals surface area contributed by atoms with E-state index >= 15 is 0 Å². The first-order valence-electron chi connectivity index (χ1n) is 5.72. The van der Waals surface area contributed by atoms with E-state index in [1.165, 1.54) is 0 Å². The predicted molar refractivity (Wildman–Crippen MR) is 76.6 cm³/mol. The molecule has 3 N–H and O–H groups in total. The zero-order valence-corrected chi connectivity index (χ0v) is 11.7. The highest BCUT2D eigenvalue weighted by Gasteiger charge is 2.05. The van der Waals surface area contributed by atoms with Crippen LogP contribution in [-0.2, 0) is 6.54 Å². The van der Waals surface area contributed by atoms with E-state index in [-0.39, 0.29) is 5.84 Å². The summed E-state index contributed by atoms with van der Waals surface area (Å²) < 4.78 is 8.50. The van der Waals surface area contributed by atoms with Gasteiger partial charge in [-0.1, -0.05) is 21.1 Å². The summed E-state index contributed by atoms with van der Waals surface area (Å²) in [6, 6.07) is 11.3. The Morgan fingerprint density at radius 3 is 2.74 bits per heavy atom. The van der Waals surface area contributed by atoms with E-state index in [1.807, 2.05) is 41.1 Å². The fourth-order valence-electron chi connectivity index (χ4n) is 1.69. The molecule has 1 aromatic heterocycles. The van der Waals surface area contributed by atoms with Crippen LogP contribution in [0.5, 0.6) is 5.75 Å². The van der Waals surface area contributed by atoms with E-state index < -0.39 is 0 Å². The van der Waals surface area contributed by atoms with E-state index in [2.05, 4.69) is 21.1 Å². The summed E-state index contributed by atoms with van der Waals surface area (Å²) in [4.78, 5) is 0. The van der Waals surface area contributed by atoms with Crippen LogP contribution in [0.15, 0.2) is 52.2 Å². The van der Waals surface area contributed by atoms with Crippen molar-refractivity contribution in [2.24, 2.45) is 10.9 Å². The van der Waals surface area contributed by atoms with Gasteiger partial charge in [-0.3, -0.25) is 0 Å². The standard InChI is InChI=1S/C13H14BrN3O2/c14-10-3-5-11(6-4-10)19-9-8-17-7-1-2-12(17)13(15)16-18/h1-7,18H,8-9H2,(H2,15,16). The van der Waals surface area contributed by atoms with E-state index in [1.54, 1.807) is 6.07 Å². The molecule has 0 saturated heterocycles. The lowest BCUT2D eigenvalue weighted by Gasteiger charge is -2.10. The van der Waals surface area contributed by atoms with Crippen LogP contribution in [0.3, 0.4) is 0 Å². The second kappa shape index (κ2) is 6.29. The van der Waals surface area contributed by atoms with E-state index in [4.69, 9.17) is 15.7 Å². The number of benzene rings is 1. The minimum Gasteiger partial charge on any atom is -0.492 e. The number of ether oxygens (including phenoxy) is 1. The predicted octanol–water partition coefficient (Wildman–Crippen LogP) is 2.42. The van der Waals surface area contributed by atoms with Gasteiger partial charge in [-0.25, -0.2) is 0 Å². The number of hydrogen-bond donors (Lipinski definition) is 2. The molecule has 0 saturated carbocycles. The Labute approximate surface area is 119 Å². The van der Waals surface area contributed by atoms with Gasteiger partial charge < -0.3 is 20.2 Å². The van der Waals surface area contributed by atoms with Gasteiger partial charge in [0.2, 0.25) is 0 Å². The molecule has 6 heteroatoms. The Balaban J connectivity index is 1.93. The van der Waals surface area contributed by atoms with Crippen molar-refractivity contribution in [3.05, 3.63) is 52.8 Å². The van der Waals surface area contributed by atoms with Crippen molar-refractivity contribution in [2.75, 3.05) is 6.61 Å². The van der Waals surface area contributed by atoms with Crippen LogP contribution in [0.2, 0.25) is 0 Å². The number of hydrogen-bond acceptors (Lipinski definition) is 3. The SMILES string of the molecule is N/C(=N/O)c1cccn1CCOc1ccc(Br)cc1. The average molecular weight is 324 g/mol. The number of nitrogens with two attached hydrogens (primary N) is 1. The van der Waals surface area contributed by atoms with Gasteiger partial charge in [-0.05, 0) is 36.4 Å². The molecule has 0 amide bonds. The Kier molecular flexibility index (Phi) is 4.46. The van der Waals surface area contributed by atoms with E-state index in [0.717, 1.165) is 10.2 Å². The van der Waals surface area contributed by atoms with Gasteiger partial charge >= 0.3 is 0 Å². The lowest BCUT2D eigenvalue weighted by molar-refractivity contribution is 0.297. The molecule has 0 aliphatic carbocycles. The van der Waals surface area contributed by atoms with Crippen LogP contribution in [0.25, 0.3) is 0 Å². The molecule has 0 aliphatic rings. The molecule has 0 bridgehead atoms. The summed E-state index contributed by atoms with van der Waals surface area (Å²) in [5, 5.41) is 11.7. The molecular weight excluding hydrogens is 310 g/mol. The number of aromatic nitrogens is 1. The van der Waals surface area contributed by atoms with Crippen LogP contribution >= 0.6 is 15.9 Å². The highest BCUT2D eigenvalue weighted by molar-refractivity contribution is 9.10. The first-order chi connectivity index (χ1) is 9.20. The van der Waals surface area contributed by atoms with Crippen LogP contribution in [0.1, 0.15) is 5.69 Å². The maximum absolute atomic E-state index is 8.67. The monoisotopic (exact) mass is 323 g/mol. The molecule has 0 unspecified atom stereocenters. The van der Waals surface area contributed by atoms with Gasteiger partial charge in [-0.15, -0.1) is 0 Å². The maximum atomic E-state index is 8.67. The minimum absolute atomic E-state index is 0.0913. The number of amidine groups is 1. The highest BCUT2D eigenvalue weighted by atomic mass is 79.9. The number of halogens is 1. The van der Waals surface area contributed by atoms with Crippen molar-refractivity contribution in [3.8, 4) is 5.75 Å². The number of rotatable bonds is 5. The fourth-order valence-corrected chi connectivity index (χ4v) is 1.95. The average Bonchev–Trinajstić information content (AvgIpc) is 2.88. The Morgan fingerprint density at radius 2 is 2.05 bits per heavy atom. The van der Waals surface area contributed by atoms with E-state index in [9.17, 15) is 0 Å². The molecule has 0 spiro atoms. The second-order valence-electron chi connectivity index (χ2n) is 3.87. The first kappa shape index (κ1) is 13.5. The van der Waals surface area contributed by atoms with Crippen molar-refractivity contribution in [3.63, 3.8) is 0 Å². The molecule has 0 radical (unpaired) electrons. The Morgan fingerprint density at radius 1 is 1.32 bits per heavy atom. The Bertz CT molecular complexity index is 564. The quantitative estimate of drug-likeness (QED) is 0.384. The molecule has 2 aromatic rings. The van der Waals surface area contributed by atoms with Gasteiger partial charge in [0.05, 0.1) is 12.2 Å². The number of oxime groups is 1. The molecule has 1 aromatic carbocycles. The van der Waals surface area contributed by atoms with Crippen molar-refractivity contribution in [2.45, 2.75) is 6.54 Å². The fraction of sp³-hybridized carbons (Fsp3) is 0.154.